The highest BCUT2D eigenvalue weighted by Crippen LogP contribution is 2.16. The van der Waals surface area contributed by atoms with Gasteiger partial charge in [-0.2, -0.15) is 0 Å². The molecule has 1 unspecified atom stereocenters. The molecule has 38 heavy (non-hydrogen) atoms. The van der Waals surface area contributed by atoms with E-state index in [1.165, 1.54) is 0 Å². The number of amides is 4. The molecule has 0 heterocycles. The van der Waals surface area contributed by atoms with E-state index < -0.39 is 47.7 Å². The van der Waals surface area contributed by atoms with Gasteiger partial charge in [0.2, 0.25) is 17.7 Å². The number of hydrogen-bond acceptors (Lipinski definition) is 6. The summed E-state index contributed by atoms with van der Waals surface area (Å²) in [5, 5.41) is 21.9. The fraction of sp³-hybridized carbons (Fsp3) is 0.857. The molecule has 0 bridgehead atoms. The molecule has 6 atom stereocenters. The van der Waals surface area contributed by atoms with Gasteiger partial charge in [-0.25, -0.2) is 4.79 Å². The third kappa shape index (κ3) is 14.0. The Balaban J connectivity index is 5.76. The fourth-order valence-corrected chi connectivity index (χ4v) is 3.89. The molecule has 0 aliphatic carbocycles. The van der Waals surface area contributed by atoms with Crippen molar-refractivity contribution in [3.63, 3.8) is 0 Å². The second kappa shape index (κ2) is 16.6. The third-order valence-electron chi connectivity index (χ3n) is 6.32. The van der Waals surface area contributed by atoms with Gasteiger partial charge in [0.05, 0.1) is 18.6 Å². The summed E-state index contributed by atoms with van der Waals surface area (Å²) >= 11 is 0. The molecule has 0 saturated carbocycles. The summed E-state index contributed by atoms with van der Waals surface area (Å²) in [6.45, 7) is 20.3. The number of rotatable bonds is 15. The fourth-order valence-electron chi connectivity index (χ4n) is 3.89. The Hall–Kier alpha value is -2.36. The predicted molar refractivity (Wildman–Crippen MR) is 149 cm³/mol. The molecule has 4 amide bonds. The van der Waals surface area contributed by atoms with Crippen LogP contribution < -0.4 is 21.3 Å². The summed E-state index contributed by atoms with van der Waals surface area (Å²) in [5.74, 6) is -1.51. The number of carbonyl (C=O) groups excluding carboxylic acids is 4. The average molecular weight is 543 g/mol. The molecule has 0 fully saturated rings. The lowest BCUT2D eigenvalue weighted by molar-refractivity contribution is -0.133. The first-order chi connectivity index (χ1) is 17.4. The van der Waals surface area contributed by atoms with Gasteiger partial charge in [0.25, 0.3) is 0 Å². The lowest BCUT2D eigenvalue weighted by atomic mass is 9.93. The number of hydrogen-bond donors (Lipinski definition) is 5. The summed E-state index contributed by atoms with van der Waals surface area (Å²) in [6, 6.07) is -2.53. The van der Waals surface area contributed by atoms with Crippen LogP contribution in [0.15, 0.2) is 0 Å². The molecule has 222 valence electrons. The number of aliphatic hydroxyl groups is 1. The second-order valence-electron chi connectivity index (χ2n) is 12.1. The van der Waals surface area contributed by atoms with E-state index in [9.17, 15) is 24.3 Å². The normalized spacial score (nSPS) is 16.6. The monoisotopic (exact) mass is 542 g/mol. The van der Waals surface area contributed by atoms with Crippen LogP contribution in [0.25, 0.3) is 0 Å². The minimum absolute atomic E-state index is 0.0643. The van der Waals surface area contributed by atoms with E-state index in [4.69, 9.17) is 4.74 Å². The molecule has 10 heteroatoms. The van der Waals surface area contributed by atoms with Crippen LogP contribution in [0.1, 0.15) is 102 Å². The highest BCUT2D eigenvalue weighted by atomic mass is 16.6. The van der Waals surface area contributed by atoms with Crippen molar-refractivity contribution >= 4 is 23.8 Å². The van der Waals surface area contributed by atoms with Crippen LogP contribution in [-0.4, -0.2) is 64.8 Å². The molecular weight excluding hydrogens is 488 g/mol. The van der Waals surface area contributed by atoms with Gasteiger partial charge in [0.1, 0.15) is 17.7 Å². The summed E-state index contributed by atoms with van der Waals surface area (Å²) in [6.07, 6.45) is -0.252. The van der Waals surface area contributed by atoms with Gasteiger partial charge in [-0.1, -0.05) is 54.4 Å². The molecule has 5 N–H and O–H groups in total. The van der Waals surface area contributed by atoms with Crippen molar-refractivity contribution in [3.05, 3.63) is 0 Å². The van der Waals surface area contributed by atoms with E-state index in [1.807, 2.05) is 55.4 Å². The first kappa shape index (κ1) is 35.6. The van der Waals surface area contributed by atoms with Crippen LogP contribution >= 0.6 is 0 Å². The Morgan fingerprint density at radius 1 is 0.763 bits per heavy atom. The van der Waals surface area contributed by atoms with Gasteiger partial charge in [0, 0.05) is 6.04 Å². The van der Waals surface area contributed by atoms with Crippen molar-refractivity contribution in [3.8, 4) is 0 Å². The maximum atomic E-state index is 13.5. The van der Waals surface area contributed by atoms with Crippen molar-refractivity contribution in [1.82, 2.24) is 21.3 Å². The predicted octanol–water partition coefficient (Wildman–Crippen LogP) is 3.26. The van der Waals surface area contributed by atoms with Gasteiger partial charge >= 0.3 is 6.09 Å². The third-order valence-corrected chi connectivity index (χ3v) is 6.32. The molecule has 0 spiro atoms. The SMILES string of the molecule is CC[C@@H](C)[C@H](NC(=O)OC(C)(C)C)C(=O)N[C@H](C(=O)N[C@@H](CC(C)C)C(O)CC(=O)NC(C)C)[C@H](C)CC. The molecule has 0 radical (unpaired) electrons. The molecule has 0 aromatic carbocycles. The molecule has 10 nitrogen and oxygen atoms in total. The average Bonchev–Trinajstić information content (AvgIpc) is 2.77. The number of ether oxygens (including phenoxy) is 1. The number of carbonyl (C=O) groups is 4. The molecule has 0 saturated heterocycles. The number of alkyl carbamates (subject to hydrolysis) is 1. The Bertz CT molecular complexity index is 765. The maximum Gasteiger partial charge on any atom is 0.408 e. The van der Waals surface area contributed by atoms with Crippen molar-refractivity contribution in [2.75, 3.05) is 0 Å². The van der Waals surface area contributed by atoms with E-state index in [2.05, 4.69) is 21.3 Å². The minimum atomic E-state index is -1.09. The standard InChI is InChI=1S/C28H54N4O6/c1-12-18(7)23(31-26(36)24(19(8)13-2)32-27(37)38-28(9,10)11)25(35)30-20(14-16(3)4)21(33)15-22(34)29-17(5)6/h16-21,23-24,33H,12-15H2,1-11H3,(H,29,34)(H,30,35)(H,31,36)(H,32,37)/t18-,19-,20+,21?,23+,24+/m1/s1. The Kier molecular flexibility index (Phi) is 15.5. The smallest absolute Gasteiger partial charge is 0.408 e. The largest absolute Gasteiger partial charge is 0.444 e. The van der Waals surface area contributed by atoms with Gasteiger partial charge in [-0.05, 0) is 58.8 Å². The maximum absolute atomic E-state index is 13.5. The first-order valence-corrected chi connectivity index (χ1v) is 14.0. The number of aliphatic hydroxyl groups excluding tert-OH is 1. The van der Waals surface area contributed by atoms with Crippen LogP contribution in [0.3, 0.4) is 0 Å². The summed E-state index contributed by atoms with van der Waals surface area (Å²) in [7, 11) is 0. The lowest BCUT2D eigenvalue weighted by Crippen LogP contribution is -2.59. The van der Waals surface area contributed by atoms with E-state index in [0.29, 0.717) is 19.3 Å². The van der Waals surface area contributed by atoms with Gasteiger partial charge in [0.15, 0.2) is 0 Å². The summed E-state index contributed by atoms with van der Waals surface area (Å²) in [4.78, 5) is 51.5. The van der Waals surface area contributed by atoms with Crippen LogP contribution in [0.4, 0.5) is 4.79 Å². The Morgan fingerprint density at radius 3 is 1.66 bits per heavy atom. The van der Waals surface area contributed by atoms with E-state index in [0.717, 1.165) is 0 Å². The lowest BCUT2D eigenvalue weighted by Gasteiger charge is -2.32. The molecular formula is C28H54N4O6. The van der Waals surface area contributed by atoms with E-state index in [1.54, 1.807) is 20.8 Å². The van der Waals surface area contributed by atoms with Crippen molar-refractivity contribution in [2.45, 2.75) is 138 Å². The second-order valence-corrected chi connectivity index (χ2v) is 12.1. The van der Waals surface area contributed by atoms with E-state index >= 15 is 0 Å². The Morgan fingerprint density at radius 2 is 1.24 bits per heavy atom. The van der Waals surface area contributed by atoms with Gasteiger partial charge < -0.3 is 31.1 Å². The van der Waals surface area contributed by atoms with Crippen LogP contribution in [-0.2, 0) is 19.1 Å². The molecule has 0 aliphatic heterocycles. The highest BCUT2D eigenvalue weighted by molar-refractivity contribution is 5.91. The molecule has 0 aromatic heterocycles. The zero-order valence-corrected chi connectivity index (χ0v) is 25.4. The summed E-state index contributed by atoms with van der Waals surface area (Å²) in [5.41, 5.74) is -0.724. The van der Waals surface area contributed by atoms with Gasteiger partial charge in [-0.15, -0.1) is 0 Å². The van der Waals surface area contributed by atoms with Gasteiger partial charge in [-0.3, -0.25) is 14.4 Å². The molecule has 0 aliphatic rings. The highest BCUT2D eigenvalue weighted by Gasteiger charge is 2.35. The van der Waals surface area contributed by atoms with Crippen LogP contribution in [0, 0.1) is 17.8 Å². The van der Waals surface area contributed by atoms with Crippen LogP contribution in [0.2, 0.25) is 0 Å². The number of nitrogens with one attached hydrogen (secondary N) is 4. The molecule has 0 aromatic rings. The van der Waals surface area contributed by atoms with Crippen molar-refractivity contribution in [2.24, 2.45) is 17.8 Å². The van der Waals surface area contributed by atoms with E-state index in [-0.39, 0.29) is 36.1 Å². The van der Waals surface area contributed by atoms with Crippen molar-refractivity contribution in [1.29, 1.82) is 0 Å². The zero-order valence-electron chi connectivity index (χ0n) is 25.4. The molecule has 0 rings (SSSR count). The van der Waals surface area contributed by atoms with Crippen LogP contribution in [0.5, 0.6) is 0 Å². The topological polar surface area (TPSA) is 146 Å². The minimum Gasteiger partial charge on any atom is -0.444 e. The zero-order chi connectivity index (χ0) is 29.8. The first-order valence-electron chi connectivity index (χ1n) is 14.0. The van der Waals surface area contributed by atoms with Crippen molar-refractivity contribution < 1.29 is 29.0 Å². The quantitative estimate of drug-likeness (QED) is 0.215. The summed E-state index contributed by atoms with van der Waals surface area (Å²) < 4.78 is 5.34. The Labute approximate surface area is 229 Å².